The van der Waals surface area contributed by atoms with E-state index in [0.29, 0.717) is 6.54 Å². The molecule has 0 saturated carbocycles. The number of hydrogen-bond donors (Lipinski definition) is 2. The van der Waals surface area contributed by atoms with Gasteiger partial charge >= 0.3 is 11.8 Å². The molecule has 3 N–H and O–H groups in total. The third-order valence-electron chi connectivity index (χ3n) is 3.09. The second-order valence-corrected chi connectivity index (χ2v) is 4.39. The number of nitrogens with zero attached hydrogens (tertiary/aromatic N) is 4. The van der Waals surface area contributed by atoms with Gasteiger partial charge in [0.1, 0.15) is 5.54 Å². The zero-order valence-corrected chi connectivity index (χ0v) is 9.74. The predicted molar refractivity (Wildman–Crippen MR) is 61.2 cm³/mol. The molecule has 18 heavy (non-hydrogen) atoms. The quantitative estimate of drug-likeness (QED) is 0.541. The number of imidazole rings is 1. The Balaban J connectivity index is 2.32. The van der Waals surface area contributed by atoms with Crippen molar-refractivity contribution in [3.8, 4) is 0 Å². The molecule has 0 amide bonds. The molecule has 1 unspecified atom stereocenters. The van der Waals surface area contributed by atoms with E-state index in [9.17, 15) is 14.9 Å². The third kappa shape index (κ3) is 1.78. The van der Waals surface area contributed by atoms with Gasteiger partial charge in [-0.1, -0.05) is 0 Å². The number of nitro groups is 1. The van der Waals surface area contributed by atoms with Gasteiger partial charge in [-0.25, -0.2) is 0 Å². The van der Waals surface area contributed by atoms with Crippen molar-refractivity contribution in [2.75, 3.05) is 18.0 Å². The van der Waals surface area contributed by atoms with Gasteiger partial charge in [0.25, 0.3) is 0 Å². The molecular weight excluding hydrogens is 242 g/mol. The standard InChI is InChI=1S/C9H13N5O4/c1-12-5-11-6(14(17)18)7(12)13-3-2-9(10,4-13)8(15)16/h5H,2-4,10H2,1H3,(H,15,16). The minimum Gasteiger partial charge on any atom is -0.480 e. The lowest BCUT2D eigenvalue weighted by Crippen LogP contribution is -2.50. The second-order valence-electron chi connectivity index (χ2n) is 4.39. The molecule has 2 rings (SSSR count). The number of aliphatic carboxylic acids is 1. The summed E-state index contributed by atoms with van der Waals surface area (Å²) >= 11 is 0. The van der Waals surface area contributed by atoms with Crippen LogP contribution in [0.1, 0.15) is 6.42 Å². The molecule has 9 nitrogen and oxygen atoms in total. The summed E-state index contributed by atoms with van der Waals surface area (Å²) in [5.41, 5.74) is 4.37. The summed E-state index contributed by atoms with van der Waals surface area (Å²) in [6, 6.07) is 0. The normalized spacial score (nSPS) is 23.3. The molecule has 0 aliphatic carbocycles. The lowest BCUT2D eigenvalue weighted by Gasteiger charge is -2.20. The van der Waals surface area contributed by atoms with Crippen LogP contribution >= 0.6 is 0 Å². The Hall–Kier alpha value is -2.16. The van der Waals surface area contributed by atoms with E-state index in [1.807, 2.05) is 0 Å². The molecule has 0 radical (unpaired) electrons. The molecule has 1 aromatic heterocycles. The van der Waals surface area contributed by atoms with Gasteiger partial charge in [0.05, 0.1) is 0 Å². The van der Waals surface area contributed by atoms with E-state index in [1.54, 1.807) is 11.9 Å². The zero-order chi connectivity index (χ0) is 13.5. The fraction of sp³-hybridized carbons (Fsp3) is 0.556. The second kappa shape index (κ2) is 3.95. The number of aromatic nitrogens is 2. The van der Waals surface area contributed by atoms with Crippen LogP contribution in [0.4, 0.5) is 11.6 Å². The third-order valence-corrected chi connectivity index (χ3v) is 3.09. The molecule has 2 heterocycles. The Morgan fingerprint density at radius 1 is 1.72 bits per heavy atom. The van der Waals surface area contributed by atoms with E-state index in [0.717, 1.165) is 0 Å². The lowest BCUT2D eigenvalue weighted by atomic mass is 10.0. The zero-order valence-electron chi connectivity index (χ0n) is 9.74. The summed E-state index contributed by atoms with van der Waals surface area (Å²) in [4.78, 5) is 26.6. The van der Waals surface area contributed by atoms with Crippen molar-refractivity contribution in [3.63, 3.8) is 0 Å². The molecule has 98 valence electrons. The van der Waals surface area contributed by atoms with Gasteiger partial charge in [-0.15, -0.1) is 0 Å². The highest BCUT2D eigenvalue weighted by atomic mass is 16.6. The Labute approximate surface area is 102 Å². The maximum atomic E-state index is 11.0. The first-order valence-corrected chi connectivity index (χ1v) is 5.28. The predicted octanol–water partition coefficient (Wildman–Crippen LogP) is -0.679. The highest BCUT2D eigenvalue weighted by Gasteiger charge is 2.44. The van der Waals surface area contributed by atoms with E-state index in [4.69, 9.17) is 10.8 Å². The summed E-state index contributed by atoms with van der Waals surface area (Å²) in [5.74, 6) is -1.10. The van der Waals surface area contributed by atoms with Gasteiger partial charge < -0.3 is 25.9 Å². The van der Waals surface area contributed by atoms with E-state index in [-0.39, 0.29) is 24.6 Å². The summed E-state index contributed by atoms with van der Waals surface area (Å²) < 4.78 is 1.49. The lowest BCUT2D eigenvalue weighted by molar-refractivity contribution is -0.388. The molecule has 0 spiro atoms. The number of rotatable bonds is 3. The molecule has 0 aromatic carbocycles. The Morgan fingerprint density at radius 3 is 2.89 bits per heavy atom. The van der Waals surface area contributed by atoms with Gasteiger partial charge in [-0.05, 0) is 16.3 Å². The van der Waals surface area contributed by atoms with Crippen LogP contribution in [0, 0.1) is 10.1 Å². The van der Waals surface area contributed by atoms with E-state index >= 15 is 0 Å². The Bertz CT molecular complexity index is 513. The van der Waals surface area contributed by atoms with Crippen molar-refractivity contribution in [3.05, 3.63) is 16.4 Å². The van der Waals surface area contributed by atoms with E-state index < -0.39 is 16.4 Å². The number of carboxylic acid groups (broad SMARTS) is 1. The average Bonchev–Trinajstić information content (AvgIpc) is 2.83. The average molecular weight is 255 g/mol. The van der Waals surface area contributed by atoms with Gasteiger partial charge in [0.15, 0.2) is 0 Å². The topological polar surface area (TPSA) is 128 Å². The molecular formula is C9H13N5O4. The molecule has 1 aliphatic rings. The van der Waals surface area contributed by atoms with Crippen molar-refractivity contribution < 1.29 is 14.8 Å². The van der Waals surface area contributed by atoms with Gasteiger partial charge in [-0.2, -0.15) is 0 Å². The maximum absolute atomic E-state index is 11.0. The van der Waals surface area contributed by atoms with Crippen LogP contribution in [0.3, 0.4) is 0 Å². The summed E-state index contributed by atoms with van der Waals surface area (Å²) in [6.45, 7) is 0.381. The minimum atomic E-state index is -1.36. The molecule has 1 atom stereocenters. The number of nitrogens with two attached hydrogens (primary N) is 1. The molecule has 0 bridgehead atoms. The summed E-state index contributed by atoms with van der Waals surface area (Å²) in [7, 11) is 1.62. The smallest absolute Gasteiger partial charge is 0.406 e. The van der Waals surface area contributed by atoms with Crippen molar-refractivity contribution >= 4 is 17.6 Å². The number of hydrogen-bond acceptors (Lipinski definition) is 6. The first kappa shape index (κ1) is 12.3. The Kier molecular flexibility index (Phi) is 2.70. The first-order valence-electron chi connectivity index (χ1n) is 5.28. The molecule has 1 aromatic rings. The molecule has 1 aliphatic heterocycles. The highest BCUT2D eigenvalue weighted by Crippen LogP contribution is 2.31. The van der Waals surface area contributed by atoms with Crippen LogP contribution in [0.25, 0.3) is 0 Å². The largest absolute Gasteiger partial charge is 0.480 e. The van der Waals surface area contributed by atoms with Gasteiger partial charge in [0.2, 0.25) is 12.1 Å². The van der Waals surface area contributed by atoms with Crippen molar-refractivity contribution in [1.82, 2.24) is 9.55 Å². The van der Waals surface area contributed by atoms with Crippen LogP contribution < -0.4 is 10.6 Å². The van der Waals surface area contributed by atoms with Crippen LogP contribution in [0.5, 0.6) is 0 Å². The summed E-state index contributed by atoms with van der Waals surface area (Å²) in [5, 5.41) is 19.9. The number of anilines is 1. The fourth-order valence-corrected chi connectivity index (χ4v) is 2.09. The SMILES string of the molecule is Cn1cnc([N+](=O)[O-])c1N1CCC(N)(C(=O)O)C1. The van der Waals surface area contributed by atoms with E-state index in [1.165, 1.54) is 10.9 Å². The van der Waals surface area contributed by atoms with Gasteiger partial charge in [0, 0.05) is 20.1 Å². The maximum Gasteiger partial charge on any atom is 0.406 e. The molecule has 9 heteroatoms. The van der Waals surface area contributed by atoms with E-state index in [2.05, 4.69) is 4.98 Å². The number of aryl methyl sites for hydroxylation is 1. The van der Waals surface area contributed by atoms with Crippen LogP contribution in [-0.4, -0.2) is 44.2 Å². The number of carbonyl (C=O) groups is 1. The molecule has 1 saturated heterocycles. The van der Waals surface area contributed by atoms with Crippen LogP contribution in [0.15, 0.2) is 6.33 Å². The Morgan fingerprint density at radius 2 is 2.39 bits per heavy atom. The van der Waals surface area contributed by atoms with Crippen molar-refractivity contribution in [2.45, 2.75) is 12.0 Å². The first-order chi connectivity index (χ1) is 8.35. The molecule has 1 fully saturated rings. The minimum absolute atomic E-state index is 0.0305. The van der Waals surface area contributed by atoms with Crippen molar-refractivity contribution in [1.29, 1.82) is 0 Å². The fourth-order valence-electron chi connectivity index (χ4n) is 2.09. The highest BCUT2D eigenvalue weighted by molar-refractivity contribution is 5.81. The van der Waals surface area contributed by atoms with Crippen LogP contribution in [0.2, 0.25) is 0 Å². The van der Waals surface area contributed by atoms with Crippen molar-refractivity contribution in [2.24, 2.45) is 12.8 Å². The summed E-state index contributed by atoms with van der Waals surface area (Å²) in [6.07, 6.45) is 1.56. The number of carboxylic acids is 1. The monoisotopic (exact) mass is 255 g/mol. The van der Waals surface area contributed by atoms with Gasteiger partial charge in [-0.3, -0.25) is 9.36 Å². The van der Waals surface area contributed by atoms with Crippen LogP contribution in [-0.2, 0) is 11.8 Å².